The van der Waals surface area contributed by atoms with Crippen LogP contribution in [0.25, 0.3) is 21.7 Å². The van der Waals surface area contributed by atoms with Crippen molar-refractivity contribution >= 4 is 22.4 Å². The minimum atomic E-state index is -4.45. The zero-order chi connectivity index (χ0) is 13.6. The van der Waals surface area contributed by atoms with Gasteiger partial charge in [0.15, 0.2) is 5.82 Å². The molecule has 0 amide bonds. The number of halogens is 3. The summed E-state index contributed by atoms with van der Waals surface area (Å²) in [6, 6.07) is 4.73. The van der Waals surface area contributed by atoms with Crippen molar-refractivity contribution in [3.63, 3.8) is 0 Å². The van der Waals surface area contributed by atoms with E-state index in [9.17, 15) is 13.2 Å². The Kier molecular flexibility index (Phi) is 2.60. The molecular weight excluding hydrogens is 275 g/mol. The number of alkyl halides is 3. The number of rotatable bonds is 1. The minimum absolute atomic E-state index is 0.299. The highest BCUT2D eigenvalue weighted by Crippen LogP contribution is 2.31. The number of pyridine rings is 1. The second-order valence-corrected chi connectivity index (χ2v) is 4.98. The second kappa shape index (κ2) is 4.06. The van der Waals surface area contributed by atoms with Crippen LogP contribution in [0, 0.1) is 0 Å². The first-order valence-electron chi connectivity index (χ1n) is 5.40. The van der Waals surface area contributed by atoms with Crippen LogP contribution >= 0.6 is 11.3 Å². The van der Waals surface area contributed by atoms with Gasteiger partial charge in [-0.25, -0.2) is 9.97 Å². The van der Waals surface area contributed by atoms with Crippen LogP contribution in [0.4, 0.5) is 13.2 Å². The van der Waals surface area contributed by atoms with E-state index in [2.05, 4.69) is 9.97 Å². The van der Waals surface area contributed by atoms with Crippen molar-refractivity contribution < 1.29 is 13.2 Å². The van der Waals surface area contributed by atoms with Gasteiger partial charge in [-0.3, -0.25) is 0 Å². The Labute approximate surface area is 110 Å². The van der Waals surface area contributed by atoms with Crippen LogP contribution in [0.3, 0.4) is 0 Å². The summed E-state index contributed by atoms with van der Waals surface area (Å²) in [5, 5.41) is 1.90. The average molecular weight is 283 g/mol. The van der Waals surface area contributed by atoms with Gasteiger partial charge < -0.3 is 4.57 Å². The summed E-state index contributed by atoms with van der Waals surface area (Å²) in [4.78, 5) is 8.62. The molecule has 0 fully saturated rings. The number of hydrogen-bond donors (Lipinski definition) is 0. The lowest BCUT2D eigenvalue weighted by atomic mass is 10.3. The molecule has 0 saturated heterocycles. The van der Waals surface area contributed by atoms with E-state index in [1.807, 2.05) is 17.5 Å². The van der Waals surface area contributed by atoms with Gasteiger partial charge in [-0.05, 0) is 17.5 Å². The lowest BCUT2D eigenvalue weighted by Crippen LogP contribution is -2.07. The molecule has 19 heavy (non-hydrogen) atoms. The molecule has 0 aliphatic heterocycles. The standard InChI is InChI=1S/C12H8F3N3S/c1-18-8-6-16-10(12(13,14)15)5-7(8)17-11(18)9-3-2-4-19-9/h2-6H,1H3. The molecule has 0 aliphatic carbocycles. The highest BCUT2D eigenvalue weighted by molar-refractivity contribution is 7.13. The number of aromatic nitrogens is 3. The predicted molar refractivity (Wildman–Crippen MR) is 66.8 cm³/mol. The quantitative estimate of drug-likeness (QED) is 0.681. The Morgan fingerprint density at radius 3 is 2.74 bits per heavy atom. The van der Waals surface area contributed by atoms with Crippen LogP contribution in [0.5, 0.6) is 0 Å². The summed E-state index contributed by atoms with van der Waals surface area (Å²) in [7, 11) is 1.76. The third-order valence-corrected chi connectivity index (χ3v) is 3.67. The maximum Gasteiger partial charge on any atom is 0.433 e. The van der Waals surface area contributed by atoms with Gasteiger partial charge >= 0.3 is 6.18 Å². The average Bonchev–Trinajstić information content (AvgIpc) is 2.96. The molecule has 0 N–H and O–H groups in total. The molecule has 0 bridgehead atoms. The molecule has 3 aromatic heterocycles. The third kappa shape index (κ3) is 1.99. The lowest BCUT2D eigenvalue weighted by Gasteiger charge is -2.04. The van der Waals surface area contributed by atoms with E-state index in [0.29, 0.717) is 16.9 Å². The fourth-order valence-corrected chi connectivity index (χ4v) is 2.62. The van der Waals surface area contributed by atoms with Gasteiger partial charge in [-0.2, -0.15) is 13.2 Å². The smallest absolute Gasteiger partial charge is 0.325 e. The number of thiophene rings is 1. The van der Waals surface area contributed by atoms with Crippen LogP contribution < -0.4 is 0 Å². The van der Waals surface area contributed by atoms with Gasteiger partial charge in [0, 0.05) is 7.05 Å². The van der Waals surface area contributed by atoms with Crippen LogP contribution in [0.15, 0.2) is 29.8 Å². The van der Waals surface area contributed by atoms with Crippen molar-refractivity contribution in [3.8, 4) is 10.7 Å². The highest BCUT2D eigenvalue weighted by atomic mass is 32.1. The highest BCUT2D eigenvalue weighted by Gasteiger charge is 2.33. The van der Waals surface area contributed by atoms with Gasteiger partial charge in [0.05, 0.1) is 22.1 Å². The van der Waals surface area contributed by atoms with E-state index in [1.54, 1.807) is 11.6 Å². The van der Waals surface area contributed by atoms with E-state index >= 15 is 0 Å². The summed E-state index contributed by atoms with van der Waals surface area (Å²) in [5.41, 5.74) is -0.0412. The molecule has 3 heterocycles. The molecule has 7 heteroatoms. The van der Waals surface area contributed by atoms with E-state index in [0.717, 1.165) is 10.9 Å². The minimum Gasteiger partial charge on any atom is -0.325 e. The summed E-state index contributed by atoms with van der Waals surface area (Å²) in [6.45, 7) is 0. The molecule has 3 rings (SSSR count). The number of nitrogens with zero attached hydrogens (tertiary/aromatic N) is 3. The van der Waals surface area contributed by atoms with E-state index < -0.39 is 11.9 Å². The second-order valence-electron chi connectivity index (χ2n) is 4.03. The molecular formula is C12H8F3N3S. The van der Waals surface area contributed by atoms with Crippen LogP contribution in [-0.2, 0) is 13.2 Å². The maximum absolute atomic E-state index is 12.6. The normalized spacial score (nSPS) is 12.2. The van der Waals surface area contributed by atoms with Gasteiger partial charge in [0.2, 0.25) is 0 Å². The molecule has 0 unspecified atom stereocenters. The Balaban J connectivity index is 2.21. The molecule has 3 aromatic rings. The van der Waals surface area contributed by atoms with E-state index in [1.165, 1.54) is 17.5 Å². The van der Waals surface area contributed by atoms with E-state index in [-0.39, 0.29) is 0 Å². The molecule has 0 spiro atoms. The summed E-state index contributed by atoms with van der Waals surface area (Å²) in [5.74, 6) is 0.645. The first-order valence-corrected chi connectivity index (χ1v) is 6.28. The Bertz CT molecular complexity index is 729. The molecule has 0 aromatic carbocycles. The van der Waals surface area contributed by atoms with Crippen molar-refractivity contribution in [3.05, 3.63) is 35.5 Å². The summed E-state index contributed by atoms with van der Waals surface area (Å²) < 4.78 is 39.5. The van der Waals surface area contributed by atoms with Crippen molar-refractivity contribution in [1.82, 2.24) is 14.5 Å². The Morgan fingerprint density at radius 2 is 2.11 bits per heavy atom. The zero-order valence-electron chi connectivity index (χ0n) is 9.77. The van der Waals surface area contributed by atoms with Gasteiger partial charge in [-0.1, -0.05) is 6.07 Å². The first kappa shape index (κ1) is 12.2. The van der Waals surface area contributed by atoms with Gasteiger partial charge in [0.1, 0.15) is 5.69 Å². The van der Waals surface area contributed by atoms with Gasteiger partial charge in [0.25, 0.3) is 0 Å². The molecule has 0 atom stereocenters. The van der Waals surface area contributed by atoms with Gasteiger partial charge in [-0.15, -0.1) is 11.3 Å². The van der Waals surface area contributed by atoms with Crippen molar-refractivity contribution in [2.45, 2.75) is 6.18 Å². The lowest BCUT2D eigenvalue weighted by molar-refractivity contribution is -0.141. The third-order valence-electron chi connectivity index (χ3n) is 2.80. The molecule has 3 nitrogen and oxygen atoms in total. The number of fused-ring (bicyclic) bond motifs is 1. The monoisotopic (exact) mass is 283 g/mol. The van der Waals surface area contributed by atoms with Crippen LogP contribution in [-0.4, -0.2) is 14.5 Å². The summed E-state index contributed by atoms with van der Waals surface area (Å²) >= 11 is 1.49. The topological polar surface area (TPSA) is 30.7 Å². The largest absolute Gasteiger partial charge is 0.433 e. The summed E-state index contributed by atoms with van der Waals surface area (Å²) in [6.07, 6.45) is -3.24. The van der Waals surface area contributed by atoms with Crippen molar-refractivity contribution in [2.75, 3.05) is 0 Å². The maximum atomic E-state index is 12.6. The molecule has 0 radical (unpaired) electrons. The fourth-order valence-electron chi connectivity index (χ4n) is 1.87. The molecule has 0 aliphatic rings. The predicted octanol–water partition coefficient (Wildman–Crippen LogP) is 3.72. The number of aryl methyl sites for hydroxylation is 1. The van der Waals surface area contributed by atoms with E-state index in [4.69, 9.17) is 0 Å². The van der Waals surface area contributed by atoms with Crippen LogP contribution in [0.2, 0.25) is 0 Å². The van der Waals surface area contributed by atoms with Crippen molar-refractivity contribution in [1.29, 1.82) is 0 Å². The first-order chi connectivity index (χ1) is 8.97. The molecule has 0 saturated carbocycles. The SMILES string of the molecule is Cn1c(-c2cccs2)nc2cc(C(F)(F)F)ncc21. The molecule has 98 valence electrons. The number of hydrogen-bond acceptors (Lipinski definition) is 3. The number of imidazole rings is 1. The Morgan fingerprint density at radius 1 is 1.32 bits per heavy atom. The Hall–Kier alpha value is -1.89. The fraction of sp³-hybridized carbons (Fsp3) is 0.167. The zero-order valence-corrected chi connectivity index (χ0v) is 10.6. The van der Waals surface area contributed by atoms with Crippen molar-refractivity contribution in [2.24, 2.45) is 7.05 Å². The van der Waals surface area contributed by atoms with Crippen LogP contribution in [0.1, 0.15) is 5.69 Å².